The van der Waals surface area contributed by atoms with E-state index < -0.39 is 0 Å². The van der Waals surface area contributed by atoms with E-state index in [4.69, 9.17) is 9.72 Å². The predicted octanol–water partition coefficient (Wildman–Crippen LogP) is 4.88. The van der Waals surface area contributed by atoms with Crippen molar-refractivity contribution >= 4 is 11.0 Å². The lowest BCUT2D eigenvalue weighted by Crippen LogP contribution is -2.07. The molecule has 2 aromatic heterocycles. The van der Waals surface area contributed by atoms with E-state index >= 15 is 0 Å². The summed E-state index contributed by atoms with van der Waals surface area (Å²) >= 11 is 0. The SMILES string of the molecule is N#Cc1ccc2c(c1)nc(Cc1ccc(OCc3ccccc3)cn1)n2CC1CC1. The number of imidazole rings is 1. The topological polar surface area (TPSA) is 63.7 Å². The number of hydrogen-bond donors (Lipinski definition) is 0. The van der Waals surface area contributed by atoms with E-state index in [0.717, 1.165) is 46.3 Å². The van der Waals surface area contributed by atoms with Crippen LogP contribution in [-0.2, 0) is 19.6 Å². The molecule has 0 aliphatic heterocycles. The summed E-state index contributed by atoms with van der Waals surface area (Å²) in [6.45, 7) is 1.51. The number of rotatable bonds is 7. The predicted molar refractivity (Wildman–Crippen MR) is 115 cm³/mol. The zero-order valence-corrected chi connectivity index (χ0v) is 16.7. The molecule has 0 spiro atoms. The minimum atomic E-state index is 0.528. The van der Waals surface area contributed by atoms with Crippen LogP contribution in [0.2, 0.25) is 0 Å². The van der Waals surface area contributed by atoms with Gasteiger partial charge in [0.2, 0.25) is 0 Å². The van der Waals surface area contributed by atoms with Gasteiger partial charge in [-0.2, -0.15) is 5.26 Å². The fourth-order valence-electron chi connectivity index (χ4n) is 3.65. The molecular weight excluding hydrogens is 372 g/mol. The molecule has 5 nitrogen and oxygen atoms in total. The van der Waals surface area contributed by atoms with Crippen LogP contribution in [0.25, 0.3) is 11.0 Å². The number of fused-ring (bicyclic) bond motifs is 1. The summed E-state index contributed by atoms with van der Waals surface area (Å²) in [4.78, 5) is 9.43. The first kappa shape index (κ1) is 18.4. The third-order valence-electron chi connectivity index (χ3n) is 5.48. The second-order valence-electron chi connectivity index (χ2n) is 7.83. The van der Waals surface area contributed by atoms with Crippen LogP contribution in [-0.4, -0.2) is 14.5 Å². The number of pyridine rings is 1. The van der Waals surface area contributed by atoms with E-state index in [0.29, 0.717) is 18.6 Å². The van der Waals surface area contributed by atoms with Gasteiger partial charge in [0, 0.05) is 18.7 Å². The molecule has 0 saturated heterocycles. The molecule has 4 aromatic rings. The lowest BCUT2D eigenvalue weighted by atomic mass is 10.2. The van der Waals surface area contributed by atoms with Gasteiger partial charge in [-0.05, 0) is 54.7 Å². The average Bonchev–Trinajstić information content (AvgIpc) is 3.55. The van der Waals surface area contributed by atoms with Crippen molar-refractivity contribution in [2.75, 3.05) is 0 Å². The Balaban J connectivity index is 1.35. The van der Waals surface area contributed by atoms with Crippen LogP contribution in [0.5, 0.6) is 5.75 Å². The van der Waals surface area contributed by atoms with E-state index in [2.05, 4.69) is 15.6 Å². The normalized spacial score (nSPS) is 13.3. The van der Waals surface area contributed by atoms with Gasteiger partial charge in [0.1, 0.15) is 18.2 Å². The molecule has 1 fully saturated rings. The summed E-state index contributed by atoms with van der Waals surface area (Å²) in [5.41, 5.74) is 4.71. The van der Waals surface area contributed by atoms with Crippen molar-refractivity contribution < 1.29 is 4.74 Å². The van der Waals surface area contributed by atoms with Crippen LogP contribution < -0.4 is 4.74 Å². The van der Waals surface area contributed by atoms with Gasteiger partial charge in [-0.15, -0.1) is 0 Å². The van der Waals surface area contributed by atoms with E-state index in [1.807, 2.05) is 60.7 Å². The summed E-state index contributed by atoms with van der Waals surface area (Å²) in [6.07, 6.45) is 4.99. The maximum atomic E-state index is 9.20. The lowest BCUT2D eigenvalue weighted by Gasteiger charge is -2.09. The molecule has 148 valence electrons. The molecule has 1 aliphatic rings. The molecule has 1 aliphatic carbocycles. The smallest absolute Gasteiger partial charge is 0.138 e. The first-order valence-electron chi connectivity index (χ1n) is 10.3. The Morgan fingerprint density at radius 2 is 1.93 bits per heavy atom. The van der Waals surface area contributed by atoms with E-state index in [1.165, 1.54) is 12.8 Å². The van der Waals surface area contributed by atoms with Crippen molar-refractivity contribution in [3.63, 3.8) is 0 Å². The molecule has 5 rings (SSSR count). The second-order valence-corrected chi connectivity index (χ2v) is 7.83. The molecule has 0 atom stereocenters. The molecular formula is C25H22N4O. The largest absolute Gasteiger partial charge is 0.487 e. The van der Waals surface area contributed by atoms with Gasteiger partial charge in [-0.1, -0.05) is 30.3 Å². The van der Waals surface area contributed by atoms with Gasteiger partial charge < -0.3 is 9.30 Å². The Kier molecular flexibility index (Phi) is 4.90. The van der Waals surface area contributed by atoms with E-state index in [-0.39, 0.29) is 0 Å². The number of hydrogen-bond acceptors (Lipinski definition) is 4. The van der Waals surface area contributed by atoms with Crippen molar-refractivity contribution in [2.45, 2.75) is 32.4 Å². The maximum Gasteiger partial charge on any atom is 0.138 e. The second kappa shape index (κ2) is 8.00. The third kappa shape index (κ3) is 4.04. The zero-order chi connectivity index (χ0) is 20.3. The maximum absolute atomic E-state index is 9.20. The van der Waals surface area contributed by atoms with Crippen molar-refractivity contribution in [3.05, 3.63) is 89.5 Å². The molecule has 0 N–H and O–H groups in total. The summed E-state index contributed by atoms with van der Waals surface area (Å²) < 4.78 is 8.14. The molecule has 2 heterocycles. The first-order valence-corrected chi connectivity index (χ1v) is 10.3. The first-order chi connectivity index (χ1) is 14.8. The summed E-state index contributed by atoms with van der Waals surface area (Å²) in [6, 6.07) is 22.0. The monoisotopic (exact) mass is 394 g/mol. The summed E-state index contributed by atoms with van der Waals surface area (Å²) in [5.74, 6) is 2.49. The molecule has 2 aromatic carbocycles. The van der Waals surface area contributed by atoms with Crippen LogP contribution in [0, 0.1) is 17.2 Å². The Labute approximate surface area is 175 Å². The van der Waals surface area contributed by atoms with Gasteiger partial charge in [0.05, 0.1) is 28.9 Å². The standard InChI is InChI=1S/C25H22N4O/c26-14-20-8-11-24-23(12-20)28-25(29(24)16-18-6-7-18)13-21-9-10-22(15-27-21)30-17-19-4-2-1-3-5-19/h1-5,8-12,15,18H,6-7,13,16-17H2. The molecule has 0 amide bonds. The van der Waals surface area contributed by atoms with E-state index in [9.17, 15) is 5.26 Å². The minimum Gasteiger partial charge on any atom is -0.487 e. The molecule has 0 unspecified atom stereocenters. The van der Waals surface area contributed by atoms with Gasteiger partial charge in [0.25, 0.3) is 0 Å². The number of aromatic nitrogens is 3. The molecule has 30 heavy (non-hydrogen) atoms. The highest BCUT2D eigenvalue weighted by Gasteiger charge is 2.24. The summed E-state index contributed by atoms with van der Waals surface area (Å²) in [5, 5.41) is 9.20. The van der Waals surface area contributed by atoms with Gasteiger partial charge in [-0.25, -0.2) is 4.98 Å². The fraction of sp³-hybridized carbons (Fsp3) is 0.240. The van der Waals surface area contributed by atoms with Crippen LogP contribution in [0.1, 0.15) is 35.5 Å². The van der Waals surface area contributed by atoms with Crippen LogP contribution in [0.15, 0.2) is 66.9 Å². The number of benzene rings is 2. The Hall–Kier alpha value is -3.65. The molecule has 0 radical (unpaired) electrons. The number of nitriles is 1. The van der Waals surface area contributed by atoms with Crippen LogP contribution in [0.3, 0.4) is 0 Å². The highest BCUT2D eigenvalue weighted by molar-refractivity contribution is 5.78. The molecule has 5 heteroatoms. The number of ether oxygens (including phenoxy) is 1. The average molecular weight is 394 g/mol. The van der Waals surface area contributed by atoms with Crippen molar-refractivity contribution in [1.29, 1.82) is 5.26 Å². The van der Waals surface area contributed by atoms with Gasteiger partial charge >= 0.3 is 0 Å². The van der Waals surface area contributed by atoms with Crippen molar-refractivity contribution in [3.8, 4) is 11.8 Å². The minimum absolute atomic E-state index is 0.528. The van der Waals surface area contributed by atoms with Crippen LogP contribution >= 0.6 is 0 Å². The summed E-state index contributed by atoms with van der Waals surface area (Å²) in [7, 11) is 0. The Morgan fingerprint density at radius 1 is 1.07 bits per heavy atom. The Bertz CT molecular complexity index is 1200. The quantitative estimate of drug-likeness (QED) is 0.448. The third-order valence-corrected chi connectivity index (χ3v) is 5.48. The highest BCUT2D eigenvalue weighted by atomic mass is 16.5. The van der Waals surface area contributed by atoms with Crippen molar-refractivity contribution in [2.24, 2.45) is 5.92 Å². The number of nitrogens with zero attached hydrogens (tertiary/aromatic N) is 4. The van der Waals surface area contributed by atoms with Gasteiger partial charge in [0.15, 0.2) is 0 Å². The molecule has 0 bridgehead atoms. The van der Waals surface area contributed by atoms with Gasteiger partial charge in [-0.3, -0.25) is 4.98 Å². The lowest BCUT2D eigenvalue weighted by molar-refractivity contribution is 0.305. The van der Waals surface area contributed by atoms with Crippen molar-refractivity contribution in [1.82, 2.24) is 14.5 Å². The highest BCUT2D eigenvalue weighted by Crippen LogP contribution is 2.33. The Morgan fingerprint density at radius 3 is 2.67 bits per heavy atom. The molecule has 1 saturated carbocycles. The van der Waals surface area contributed by atoms with Crippen LogP contribution in [0.4, 0.5) is 0 Å². The van der Waals surface area contributed by atoms with E-state index in [1.54, 1.807) is 6.20 Å². The fourth-order valence-corrected chi connectivity index (χ4v) is 3.65. The zero-order valence-electron chi connectivity index (χ0n) is 16.7.